The van der Waals surface area contributed by atoms with E-state index in [1.54, 1.807) is 0 Å². The van der Waals surface area contributed by atoms with Crippen LogP contribution < -0.4 is 5.32 Å². The molecule has 3 heterocycles. The molecule has 1 fully saturated rings. The zero-order valence-electron chi connectivity index (χ0n) is 16.0. The Hall–Kier alpha value is -2.66. The van der Waals surface area contributed by atoms with Crippen LogP contribution in [0.4, 0.5) is 0 Å². The van der Waals surface area contributed by atoms with Crippen LogP contribution in [-0.2, 0) is 6.54 Å². The van der Waals surface area contributed by atoms with E-state index < -0.39 is 0 Å². The molecular weight excluding hydrogens is 336 g/mol. The van der Waals surface area contributed by atoms with E-state index >= 15 is 0 Å². The van der Waals surface area contributed by atoms with Crippen molar-refractivity contribution in [3.8, 4) is 0 Å². The fraction of sp³-hybridized carbons (Fsp3) is 0.364. The van der Waals surface area contributed by atoms with Crippen LogP contribution in [0.25, 0.3) is 5.65 Å². The number of amides is 1. The fourth-order valence-corrected chi connectivity index (χ4v) is 3.87. The van der Waals surface area contributed by atoms with Crippen LogP contribution >= 0.6 is 0 Å². The van der Waals surface area contributed by atoms with E-state index in [-0.39, 0.29) is 11.9 Å². The van der Waals surface area contributed by atoms with Gasteiger partial charge in [-0.05, 0) is 49.9 Å². The zero-order valence-corrected chi connectivity index (χ0v) is 16.0. The number of pyridine rings is 1. The van der Waals surface area contributed by atoms with Gasteiger partial charge in [-0.25, -0.2) is 4.98 Å². The predicted molar refractivity (Wildman–Crippen MR) is 107 cm³/mol. The second-order valence-corrected chi connectivity index (χ2v) is 7.49. The highest BCUT2D eigenvalue weighted by Gasteiger charge is 2.23. The van der Waals surface area contributed by atoms with Crippen LogP contribution in [0.2, 0.25) is 0 Å². The standard InChI is InChI=1S/C22H26N4O/c1-16-8-13-26-20(14-16)23-17(2)21(26)22(27)24-19-9-11-25(12-10-19)15-18-6-4-3-5-7-18/h3-8,13-14,19H,9-12,15H2,1-2H3,(H,24,27). The number of nitrogens with one attached hydrogen (secondary N) is 1. The average molecular weight is 362 g/mol. The molecular formula is C22H26N4O. The second kappa shape index (κ2) is 7.53. The molecule has 0 bridgehead atoms. The minimum atomic E-state index is -0.0228. The smallest absolute Gasteiger partial charge is 0.270 e. The Morgan fingerprint density at radius 2 is 1.89 bits per heavy atom. The second-order valence-electron chi connectivity index (χ2n) is 7.49. The summed E-state index contributed by atoms with van der Waals surface area (Å²) >= 11 is 0. The monoisotopic (exact) mass is 362 g/mol. The fourth-order valence-electron chi connectivity index (χ4n) is 3.87. The van der Waals surface area contributed by atoms with Crippen molar-refractivity contribution in [3.63, 3.8) is 0 Å². The van der Waals surface area contributed by atoms with Gasteiger partial charge in [-0.2, -0.15) is 0 Å². The number of hydrogen-bond acceptors (Lipinski definition) is 3. The summed E-state index contributed by atoms with van der Waals surface area (Å²) in [5, 5.41) is 3.23. The molecule has 3 aromatic rings. The molecule has 1 amide bonds. The van der Waals surface area contributed by atoms with Crippen molar-refractivity contribution < 1.29 is 4.79 Å². The molecule has 1 saturated heterocycles. The number of rotatable bonds is 4. The molecule has 1 N–H and O–H groups in total. The van der Waals surface area contributed by atoms with Crippen molar-refractivity contribution in [1.82, 2.24) is 19.6 Å². The van der Waals surface area contributed by atoms with Gasteiger partial charge in [0, 0.05) is 31.9 Å². The highest BCUT2D eigenvalue weighted by Crippen LogP contribution is 2.17. The van der Waals surface area contributed by atoms with Crippen LogP contribution in [0.3, 0.4) is 0 Å². The van der Waals surface area contributed by atoms with Crippen molar-refractivity contribution in [2.75, 3.05) is 13.1 Å². The first-order valence-corrected chi connectivity index (χ1v) is 9.62. The molecule has 140 valence electrons. The van der Waals surface area contributed by atoms with Crippen LogP contribution in [0.15, 0.2) is 48.7 Å². The van der Waals surface area contributed by atoms with E-state index in [2.05, 4.69) is 45.5 Å². The molecule has 1 aliphatic heterocycles. The van der Waals surface area contributed by atoms with E-state index in [1.165, 1.54) is 5.56 Å². The van der Waals surface area contributed by atoms with Crippen molar-refractivity contribution in [3.05, 3.63) is 71.2 Å². The Kier molecular flexibility index (Phi) is 4.94. The molecule has 0 aliphatic carbocycles. The van der Waals surface area contributed by atoms with Gasteiger partial charge in [0.15, 0.2) is 0 Å². The predicted octanol–water partition coefficient (Wildman–Crippen LogP) is 3.35. The highest BCUT2D eigenvalue weighted by molar-refractivity contribution is 5.94. The first-order chi connectivity index (χ1) is 13.1. The molecule has 0 atom stereocenters. The summed E-state index contributed by atoms with van der Waals surface area (Å²) in [6.45, 7) is 6.93. The van der Waals surface area contributed by atoms with Gasteiger partial charge in [0.05, 0.1) is 5.69 Å². The van der Waals surface area contributed by atoms with Gasteiger partial charge in [0.25, 0.3) is 5.91 Å². The Bertz CT molecular complexity index is 940. The summed E-state index contributed by atoms with van der Waals surface area (Å²) in [4.78, 5) is 19.9. The van der Waals surface area contributed by atoms with Crippen LogP contribution in [0.5, 0.6) is 0 Å². The van der Waals surface area contributed by atoms with Gasteiger partial charge >= 0.3 is 0 Å². The molecule has 4 rings (SSSR count). The highest BCUT2D eigenvalue weighted by atomic mass is 16.2. The lowest BCUT2D eigenvalue weighted by Gasteiger charge is -2.32. The number of aryl methyl sites for hydroxylation is 2. The number of benzene rings is 1. The molecule has 2 aromatic heterocycles. The number of fused-ring (bicyclic) bond motifs is 1. The van der Waals surface area contributed by atoms with Crippen LogP contribution in [0, 0.1) is 13.8 Å². The van der Waals surface area contributed by atoms with E-state index in [4.69, 9.17) is 0 Å². The number of aromatic nitrogens is 2. The maximum atomic E-state index is 12.9. The number of carbonyl (C=O) groups is 1. The van der Waals surface area contributed by atoms with Crippen LogP contribution in [0.1, 0.15) is 40.2 Å². The molecule has 0 saturated carbocycles. The van der Waals surface area contributed by atoms with Gasteiger partial charge in [-0.15, -0.1) is 0 Å². The SMILES string of the molecule is Cc1ccn2c(C(=O)NC3CCN(Cc4ccccc4)CC3)c(C)nc2c1. The third-order valence-electron chi connectivity index (χ3n) is 5.34. The number of nitrogens with zero attached hydrogens (tertiary/aromatic N) is 3. The maximum absolute atomic E-state index is 12.9. The van der Waals surface area contributed by atoms with Gasteiger partial charge < -0.3 is 5.32 Å². The first kappa shape index (κ1) is 17.7. The third-order valence-corrected chi connectivity index (χ3v) is 5.34. The minimum Gasteiger partial charge on any atom is -0.348 e. The lowest BCUT2D eigenvalue weighted by Crippen LogP contribution is -2.44. The summed E-state index contributed by atoms with van der Waals surface area (Å²) in [6, 6.07) is 14.8. The Balaban J connectivity index is 1.38. The summed E-state index contributed by atoms with van der Waals surface area (Å²) in [6.07, 6.45) is 3.89. The van der Waals surface area contributed by atoms with E-state index in [1.807, 2.05) is 36.6 Å². The number of piperidine rings is 1. The maximum Gasteiger partial charge on any atom is 0.270 e. The third kappa shape index (κ3) is 3.88. The molecule has 1 aromatic carbocycles. The Morgan fingerprint density at radius 1 is 1.15 bits per heavy atom. The van der Waals surface area contributed by atoms with Crippen molar-refractivity contribution in [2.45, 2.75) is 39.3 Å². The van der Waals surface area contributed by atoms with Crippen molar-refractivity contribution in [2.24, 2.45) is 0 Å². The normalized spacial score (nSPS) is 15.9. The number of likely N-dealkylation sites (tertiary alicyclic amines) is 1. The van der Waals surface area contributed by atoms with Crippen LogP contribution in [-0.4, -0.2) is 39.3 Å². The summed E-state index contributed by atoms with van der Waals surface area (Å²) in [7, 11) is 0. The molecule has 27 heavy (non-hydrogen) atoms. The number of carbonyl (C=O) groups excluding carboxylic acids is 1. The lowest BCUT2D eigenvalue weighted by atomic mass is 10.0. The molecule has 5 nitrogen and oxygen atoms in total. The molecule has 0 radical (unpaired) electrons. The number of hydrogen-bond donors (Lipinski definition) is 1. The summed E-state index contributed by atoms with van der Waals surface area (Å²) in [5.41, 5.74) is 4.74. The molecule has 5 heteroatoms. The Morgan fingerprint density at radius 3 is 2.63 bits per heavy atom. The quantitative estimate of drug-likeness (QED) is 0.774. The zero-order chi connectivity index (χ0) is 18.8. The molecule has 0 unspecified atom stereocenters. The van der Waals surface area contributed by atoms with Gasteiger partial charge in [0.1, 0.15) is 11.3 Å². The molecule has 1 aliphatic rings. The first-order valence-electron chi connectivity index (χ1n) is 9.62. The summed E-state index contributed by atoms with van der Waals surface area (Å²) in [5.74, 6) is -0.0228. The van der Waals surface area contributed by atoms with E-state index in [9.17, 15) is 4.79 Å². The summed E-state index contributed by atoms with van der Waals surface area (Å²) < 4.78 is 1.89. The van der Waals surface area contributed by atoms with Gasteiger partial charge in [0.2, 0.25) is 0 Å². The minimum absolute atomic E-state index is 0.0228. The van der Waals surface area contributed by atoms with E-state index in [0.717, 1.165) is 49.4 Å². The largest absolute Gasteiger partial charge is 0.348 e. The van der Waals surface area contributed by atoms with E-state index in [0.29, 0.717) is 5.69 Å². The topological polar surface area (TPSA) is 49.6 Å². The molecule has 0 spiro atoms. The number of imidazole rings is 1. The van der Waals surface area contributed by atoms with Gasteiger partial charge in [-0.3, -0.25) is 14.1 Å². The van der Waals surface area contributed by atoms with Crippen molar-refractivity contribution >= 4 is 11.6 Å². The Labute approximate surface area is 160 Å². The van der Waals surface area contributed by atoms with Gasteiger partial charge in [-0.1, -0.05) is 30.3 Å². The average Bonchev–Trinajstić information content (AvgIpc) is 2.99. The van der Waals surface area contributed by atoms with Crippen molar-refractivity contribution in [1.29, 1.82) is 0 Å². The lowest BCUT2D eigenvalue weighted by molar-refractivity contribution is 0.0902.